The Bertz CT molecular complexity index is 650. The minimum atomic E-state index is -1.48. The molecule has 0 atom stereocenters. The normalized spacial score (nSPS) is 10.5. The van der Waals surface area contributed by atoms with Crippen molar-refractivity contribution in [1.29, 1.82) is 0 Å². The summed E-state index contributed by atoms with van der Waals surface area (Å²) in [6.45, 7) is 12.8. The summed E-state index contributed by atoms with van der Waals surface area (Å²) in [6.07, 6.45) is 2.31. The topological polar surface area (TPSA) is 91.3 Å². The third-order valence-corrected chi connectivity index (χ3v) is 3.74. The third kappa shape index (κ3) is 11.5. The van der Waals surface area contributed by atoms with Crippen LogP contribution in [0.15, 0.2) is 54.6 Å². The van der Waals surface area contributed by atoms with E-state index in [-0.39, 0.29) is 12.2 Å². The van der Waals surface area contributed by atoms with Crippen LogP contribution in [0.1, 0.15) is 39.2 Å². The van der Waals surface area contributed by atoms with Crippen molar-refractivity contribution >= 4 is 11.9 Å². The molecule has 1 aromatic carbocycles. The molecule has 0 saturated carbocycles. The number of rotatable bonds is 13. The number of carboxylic acid groups (broad SMARTS) is 1. The second kappa shape index (κ2) is 15.4. The van der Waals surface area contributed by atoms with Crippen LogP contribution >= 0.6 is 0 Å². The number of carbonyl (C=O) groups excluding carboxylic acids is 1. The van der Waals surface area contributed by atoms with Crippen molar-refractivity contribution < 1.29 is 33.6 Å². The molecular formula is C23H34O7. The second-order valence-electron chi connectivity index (χ2n) is 6.40. The smallest absolute Gasteiger partial charge is 0.354 e. The highest BCUT2D eigenvalue weighted by Crippen LogP contribution is 2.18. The van der Waals surface area contributed by atoms with Gasteiger partial charge in [0.15, 0.2) is 0 Å². The van der Waals surface area contributed by atoms with Gasteiger partial charge >= 0.3 is 17.9 Å². The SMILES string of the molecule is C=C(C)C(=O)OC(COC)(OCC)OCC.C=C(CCCc1ccccc1)C(=O)O. The van der Waals surface area contributed by atoms with Crippen LogP contribution in [0.4, 0.5) is 0 Å². The van der Waals surface area contributed by atoms with Gasteiger partial charge in [-0.15, -0.1) is 0 Å². The zero-order valence-corrected chi connectivity index (χ0v) is 18.4. The second-order valence-corrected chi connectivity index (χ2v) is 6.40. The fourth-order valence-electron chi connectivity index (χ4n) is 2.32. The van der Waals surface area contributed by atoms with E-state index in [1.807, 2.05) is 30.3 Å². The lowest BCUT2D eigenvalue weighted by atomic mass is 10.1. The zero-order chi connectivity index (χ0) is 23.0. The Hall–Kier alpha value is -2.48. The lowest BCUT2D eigenvalue weighted by molar-refractivity contribution is -0.372. The third-order valence-electron chi connectivity index (χ3n) is 3.74. The highest BCUT2D eigenvalue weighted by Gasteiger charge is 2.37. The van der Waals surface area contributed by atoms with E-state index in [4.69, 9.17) is 24.1 Å². The molecule has 0 amide bonds. The van der Waals surface area contributed by atoms with Crippen LogP contribution in [0, 0.1) is 0 Å². The molecule has 0 aromatic heterocycles. The van der Waals surface area contributed by atoms with Gasteiger partial charge in [0.1, 0.15) is 6.61 Å². The summed E-state index contributed by atoms with van der Waals surface area (Å²) in [5.74, 6) is -2.94. The molecule has 0 spiro atoms. The maximum atomic E-state index is 11.4. The van der Waals surface area contributed by atoms with E-state index in [0.29, 0.717) is 25.2 Å². The van der Waals surface area contributed by atoms with E-state index in [9.17, 15) is 9.59 Å². The molecule has 7 nitrogen and oxygen atoms in total. The van der Waals surface area contributed by atoms with Gasteiger partial charge in [0.2, 0.25) is 0 Å². The van der Waals surface area contributed by atoms with Gasteiger partial charge in [0.05, 0.1) is 13.2 Å². The van der Waals surface area contributed by atoms with Gasteiger partial charge < -0.3 is 24.1 Å². The van der Waals surface area contributed by atoms with Gasteiger partial charge in [-0.05, 0) is 45.6 Å². The Balaban J connectivity index is 0.000000564. The Morgan fingerprint density at radius 2 is 1.63 bits per heavy atom. The monoisotopic (exact) mass is 422 g/mol. The molecule has 30 heavy (non-hydrogen) atoms. The van der Waals surface area contributed by atoms with Crippen LogP contribution in [-0.4, -0.2) is 49.9 Å². The molecular weight excluding hydrogens is 388 g/mol. The molecule has 0 aliphatic rings. The molecule has 168 valence electrons. The summed E-state index contributed by atoms with van der Waals surface area (Å²) < 4.78 is 20.6. The van der Waals surface area contributed by atoms with E-state index in [0.717, 1.165) is 12.8 Å². The largest absolute Gasteiger partial charge is 0.478 e. The lowest BCUT2D eigenvalue weighted by Gasteiger charge is -2.31. The first-order chi connectivity index (χ1) is 14.2. The van der Waals surface area contributed by atoms with Crippen molar-refractivity contribution in [3.8, 4) is 0 Å². The average Bonchev–Trinajstić information content (AvgIpc) is 2.69. The Morgan fingerprint density at radius 3 is 2.07 bits per heavy atom. The molecule has 0 radical (unpaired) electrons. The molecule has 0 fully saturated rings. The first kappa shape index (κ1) is 27.5. The minimum absolute atomic E-state index is 0.00764. The van der Waals surface area contributed by atoms with Crippen molar-refractivity contribution in [1.82, 2.24) is 0 Å². The van der Waals surface area contributed by atoms with Crippen molar-refractivity contribution in [2.45, 2.75) is 46.0 Å². The van der Waals surface area contributed by atoms with Gasteiger partial charge in [-0.3, -0.25) is 0 Å². The van der Waals surface area contributed by atoms with Gasteiger partial charge in [0, 0.05) is 18.3 Å². The van der Waals surface area contributed by atoms with Crippen LogP contribution in [0.2, 0.25) is 0 Å². The van der Waals surface area contributed by atoms with Crippen molar-refractivity contribution in [3.05, 3.63) is 60.2 Å². The maximum absolute atomic E-state index is 11.4. The Kier molecular flexibility index (Phi) is 14.1. The van der Waals surface area contributed by atoms with Crippen molar-refractivity contribution in [3.63, 3.8) is 0 Å². The molecule has 0 unspecified atom stereocenters. The number of ether oxygens (including phenoxy) is 4. The maximum Gasteiger partial charge on any atom is 0.354 e. The Morgan fingerprint density at radius 1 is 1.07 bits per heavy atom. The van der Waals surface area contributed by atoms with E-state index in [2.05, 4.69) is 13.2 Å². The molecule has 0 saturated heterocycles. The summed E-state index contributed by atoms with van der Waals surface area (Å²) in [5, 5.41) is 8.58. The van der Waals surface area contributed by atoms with E-state index in [1.165, 1.54) is 12.7 Å². The molecule has 0 aliphatic heterocycles. The first-order valence-electron chi connectivity index (χ1n) is 9.82. The van der Waals surface area contributed by atoms with Gasteiger partial charge in [-0.25, -0.2) is 9.59 Å². The molecule has 1 N–H and O–H groups in total. The number of carboxylic acids is 1. The number of carbonyl (C=O) groups is 2. The summed E-state index contributed by atoms with van der Waals surface area (Å²) in [4.78, 5) is 21.9. The van der Waals surface area contributed by atoms with Crippen LogP contribution in [-0.2, 0) is 35.0 Å². The first-order valence-corrected chi connectivity index (χ1v) is 9.82. The van der Waals surface area contributed by atoms with Gasteiger partial charge in [-0.2, -0.15) is 0 Å². The lowest BCUT2D eigenvalue weighted by Crippen LogP contribution is -2.45. The number of hydrogen-bond acceptors (Lipinski definition) is 6. The molecule has 1 aromatic rings. The number of methoxy groups -OCH3 is 1. The summed E-state index contributed by atoms with van der Waals surface area (Å²) in [7, 11) is 1.47. The van der Waals surface area contributed by atoms with Crippen molar-refractivity contribution in [2.75, 3.05) is 26.9 Å². The fourth-order valence-corrected chi connectivity index (χ4v) is 2.32. The van der Waals surface area contributed by atoms with Crippen molar-refractivity contribution in [2.24, 2.45) is 0 Å². The van der Waals surface area contributed by atoms with Crippen LogP contribution in [0.5, 0.6) is 0 Å². The minimum Gasteiger partial charge on any atom is -0.478 e. The molecule has 0 bridgehead atoms. The summed E-state index contributed by atoms with van der Waals surface area (Å²) >= 11 is 0. The summed E-state index contributed by atoms with van der Waals surface area (Å²) in [6, 6.07) is 10.0. The molecule has 1 rings (SSSR count). The number of aliphatic carboxylic acids is 1. The predicted molar refractivity (Wildman–Crippen MR) is 115 cm³/mol. The highest BCUT2D eigenvalue weighted by molar-refractivity contribution is 5.87. The molecule has 0 heterocycles. The number of aryl methyl sites for hydroxylation is 1. The van der Waals surface area contributed by atoms with E-state index in [1.54, 1.807) is 20.8 Å². The standard InChI is InChI=1S/C12H14O2.C11H20O5/c1-10(12(13)14)6-5-9-11-7-3-2-4-8-11;1-6-14-11(8-13-5,15-7-2)16-10(12)9(3)4/h2-4,7-8H,1,5-6,9H2,(H,13,14);3,6-8H2,1-2,4-5H3. The van der Waals surface area contributed by atoms with Crippen LogP contribution in [0.3, 0.4) is 0 Å². The average molecular weight is 423 g/mol. The number of esters is 1. The van der Waals surface area contributed by atoms with Crippen LogP contribution < -0.4 is 0 Å². The zero-order valence-electron chi connectivity index (χ0n) is 18.4. The van der Waals surface area contributed by atoms with Crippen LogP contribution in [0.25, 0.3) is 0 Å². The number of hydrogen-bond donors (Lipinski definition) is 1. The predicted octanol–water partition coefficient (Wildman–Crippen LogP) is 4.13. The number of benzene rings is 1. The fraction of sp³-hybridized carbons (Fsp3) is 0.478. The van der Waals surface area contributed by atoms with Gasteiger partial charge in [-0.1, -0.05) is 43.5 Å². The van der Waals surface area contributed by atoms with E-state index >= 15 is 0 Å². The van der Waals surface area contributed by atoms with Gasteiger partial charge in [0.25, 0.3) is 0 Å². The molecule has 7 heteroatoms. The quantitative estimate of drug-likeness (QED) is 0.290. The molecule has 0 aliphatic carbocycles. The van der Waals surface area contributed by atoms with E-state index < -0.39 is 17.9 Å². The highest BCUT2D eigenvalue weighted by atomic mass is 16.9. The summed E-state index contributed by atoms with van der Waals surface area (Å²) in [5.41, 5.74) is 1.81. The Labute approximate surface area is 179 Å².